The fraction of sp³-hybridized carbons (Fsp3) is 0.970. The third-order valence-electron chi connectivity index (χ3n) is 7.50. The Morgan fingerprint density at radius 3 is 1.81 bits per heavy atom. The highest BCUT2D eigenvalue weighted by molar-refractivity contribution is 7.47. The number of unbranched alkanes of at least 4 members (excludes halogenated alkanes) is 12. The monoisotopic (exact) mass is 635 g/mol. The van der Waals surface area contributed by atoms with E-state index in [9.17, 15) is 14.3 Å². The number of carbonyl (C=O) groups is 1. The van der Waals surface area contributed by atoms with Crippen LogP contribution < -0.4 is 5.32 Å². The molecule has 1 saturated heterocycles. The van der Waals surface area contributed by atoms with Gasteiger partial charge in [0.2, 0.25) is 5.91 Å². The fourth-order valence-corrected chi connectivity index (χ4v) is 6.66. The number of rotatable bonds is 24. The second-order valence-corrected chi connectivity index (χ2v) is 15.4. The van der Waals surface area contributed by atoms with Crippen molar-refractivity contribution in [1.82, 2.24) is 5.32 Å². The van der Waals surface area contributed by atoms with Gasteiger partial charge in [-0.25, -0.2) is 4.57 Å². The third-order valence-corrected chi connectivity index (χ3v) is 8.79. The van der Waals surface area contributed by atoms with Crippen molar-refractivity contribution in [3.8, 4) is 0 Å². The molecule has 0 spiro atoms. The van der Waals surface area contributed by atoms with Gasteiger partial charge in [0, 0.05) is 20.1 Å². The summed E-state index contributed by atoms with van der Waals surface area (Å²) >= 11 is 0. The van der Waals surface area contributed by atoms with Crippen molar-refractivity contribution < 1.29 is 37.5 Å². The molecule has 5 atom stereocenters. The molecule has 1 fully saturated rings. The summed E-state index contributed by atoms with van der Waals surface area (Å²) in [6.07, 6.45) is 16.1. The van der Waals surface area contributed by atoms with Crippen LogP contribution >= 0.6 is 7.82 Å². The molecule has 1 amide bonds. The highest BCUT2D eigenvalue weighted by atomic mass is 31.2. The van der Waals surface area contributed by atoms with Crippen molar-refractivity contribution in [3.63, 3.8) is 0 Å². The molecule has 1 unspecified atom stereocenters. The lowest BCUT2D eigenvalue weighted by molar-refractivity contribution is -0.121. The first-order chi connectivity index (χ1) is 20.2. The summed E-state index contributed by atoms with van der Waals surface area (Å²) in [7, 11) is -2.85. The van der Waals surface area contributed by atoms with Gasteiger partial charge in [-0.15, -0.1) is 0 Å². The van der Waals surface area contributed by atoms with Crippen molar-refractivity contribution in [2.45, 2.75) is 187 Å². The Balaban J connectivity index is 2.35. The summed E-state index contributed by atoms with van der Waals surface area (Å²) < 4.78 is 41.6. The molecule has 1 aliphatic heterocycles. The highest BCUT2D eigenvalue weighted by Gasteiger charge is 2.49. The Morgan fingerprint density at radius 1 is 0.791 bits per heavy atom. The summed E-state index contributed by atoms with van der Waals surface area (Å²) in [4.78, 5) is 22.8. The largest absolute Gasteiger partial charge is 0.473 e. The topological polar surface area (TPSA) is 113 Å². The van der Waals surface area contributed by atoms with Crippen molar-refractivity contribution >= 4 is 13.7 Å². The number of hydrogen-bond acceptors (Lipinski definition) is 7. The number of ether oxygens (including phenoxy) is 3. The minimum atomic E-state index is -4.39. The molecule has 0 bridgehead atoms. The van der Waals surface area contributed by atoms with Gasteiger partial charge in [0.15, 0.2) is 0 Å². The highest BCUT2D eigenvalue weighted by Crippen LogP contribution is 2.51. The van der Waals surface area contributed by atoms with Crippen molar-refractivity contribution in [2.24, 2.45) is 0 Å². The average molecular weight is 636 g/mol. The van der Waals surface area contributed by atoms with E-state index >= 15 is 0 Å². The molecule has 10 heteroatoms. The van der Waals surface area contributed by atoms with Gasteiger partial charge in [-0.2, -0.15) is 0 Å². The normalized spacial score (nSPS) is 22.5. The van der Waals surface area contributed by atoms with E-state index in [1.807, 2.05) is 20.8 Å². The first kappa shape index (κ1) is 40.5. The Labute approximate surface area is 263 Å². The minimum absolute atomic E-state index is 0.0805. The second kappa shape index (κ2) is 21.3. The number of carbonyl (C=O) groups excluding carboxylic acids is 1. The zero-order chi connectivity index (χ0) is 32.4. The first-order valence-corrected chi connectivity index (χ1v) is 18.5. The molecule has 0 aliphatic carbocycles. The molecule has 1 rings (SSSR count). The fourth-order valence-electron chi connectivity index (χ4n) is 5.36. The number of phosphoric acid groups is 1. The van der Waals surface area contributed by atoms with Gasteiger partial charge in [-0.3, -0.25) is 13.8 Å². The second-order valence-electron chi connectivity index (χ2n) is 14.1. The predicted molar refractivity (Wildman–Crippen MR) is 173 cm³/mol. The maximum atomic E-state index is 12.8. The molecule has 256 valence electrons. The number of methoxy groups -OCH3 is 1. The quantitative estimate of drug-likeness (QED) is 0.0805. The maximum absolute atomic E-state index is 12.8. The van der Waals surface area contributed by atoms with Crippen LogP contribution in [0.5, 0.6) is 0 Å². The number of hydrogen-bond donors (Lipinski definition) is 2. The van der Waals surface area contributed by atoms with E-state index in [4.69, 9.17) is 23.3 Å². The van der Waals surface area contributed by atoms with Crippen LogP contribution in [0.2, 0.25) is 0 Å². The van der Waals surface area contributed by atoms with Crippen LogP contribution in [-0.4, -0.2) is 66.7 Å². The average Bonchev–Trinajstić information content (AvgIpc) is 3.21. The lowest BCUT2D eigenvalue weighted by Gasteiger charge is -2.29. The van der Waals surface area contributed by atoms with Crippen LogP contribution in [-0.2, 0) is 32.6 Å². The van der Waals surface area contributed by atoms with Gasteiger partial charge in [-0.05, 0) is 60.8 Å². The van der Waals surface area contributed by atoms with E-state index in [1.54, 1.807) is 20.8 Å². The Hall–Kier alpha value is -0.540. The standard InChI is InChI=1S/C33H66NO8P/c1-9-10-11-12-13-14-15-16-17-18-19-20-21-24-29(35)34-25-22-23-27-30(38-8)31(28(40-27)26-39-32(2,3)4)41-43(36,37)42-33(5,6)7/h27-28,30-31H,9-26H2,1-8H3,(H,34,35)(H,36,37)/t27-,28+,30-,31+/m0/s1. The number of amides is 1. The molecule has 1 heterocycles. The van der Waals surface area contributed by atoms with E-state index in [-0.39, 0.29) is 18.6 Å². The molecule has 43 heavy (non-hydrogen) atoms. The van der Waals surface area contributed by atoms with Crippen LogP contribution in [0.25, 0.3) is 0 Å². The van der Waals surface area contributed by atoms with Gasteiger partial charge in [0.1, 0.15) is 18.3 Å². The van der Waals surface area contributed by atoms with Crippen LogP contribution in [0.4, 0.5) is 0 Å². The lowest BCUT2D eigenvalue weighted by atomic mass is 10.0. The van der Waals surface area contributed by atoms with E-state index < -0.39 is 37.3 Å². The number of nitrogens with one attached hydrogen (secondary N) is 1. The van der Waals surface area contributed by atoms with Gasteiger partial charge >= 0.3 is 7.82 Å². The van der Waals surface area contributed by atoms with Crippen LogP contribution in [0.15, 0.2) is 0 Å². The predicted octanol–water partition coefficient (Wildman–Crippen LogP) is 8.26. The molecule has 0 saturated carbocycles. The van der Waals surface area contributed by atoms with E-state index in [0.717, 1.165) is 12.8 Å². The van der Waals surface area contributed by atoms with Crippen LogP contribution in [0.3, 0.4) is 0 Å². The van der Waals surface area contributed by atoms with Crippen LogP contribution in [0.1, 0.15) is 151 Å². The van der Waals surface area contributed by atoms with E-state index in [2.05, 4.69) is 12.2 Å². The molecular weight excluding hydrogens is 569 g/mol. The minimum Gasteiger partial charge on any atom is -0.376 e. The zero-order valence-corrected chi connectivity index (χ0v) is 29.7. The first-order valence-electron chi connectivity index (χ1n) is 17.0. The molecule has 0 aromatic carbocycles. The van der Waals surface area contributed by atoms with Gasteiger partial charge in [0.25, 0.3) is 0 Å². The summed E-state index contributed by atoms with van der Waals surface area (Å²) in [5.74, 6) is 0.0805. The molecule has 0 aromatic rings. The summed E-state index contributed by atoms with van der Waals surface area (Å²) in [5.41, 5.74) is -1.29. The van der Waals surface area contributed by atoms with Gasteiger partial charge in [-0.1, -0.05) is 84.0 Å². The lowest BCUT2D eigenvalue weighted by Crippen LogP contribution is -2.39. The Bertz CT molecular complexity index is 782. The van der Waals surface area contributed by atoms with E-state index in [1.165, 1.54) is 77.7 Å². The Morgan fingerprint density at radius 2 is 1.33 bits per heavy atom. The summed E-state index contributed by atoms with van der Waals surface area (Å²) in [5, 5.41) is 3.02. The molecular formula is C33H66NO8P. The molecule has 0 radical (unpaired) electrons. The zero-order valence-electron chi connectivity index (χ0n) is 28.8. The number of phosphoric ester groups is 1. The SMILES string of the molecule is CCCCCCCCCCCCCCCC(=O)NCCC[C@@H]1O[C@H](COC(C)(C)C)[C@@H](OP(=O)(O)OC(C)(C)C)[C@H]1OC. The van der Waals surface area contributed by atoms with Gasteiger partial charge < -0.3 is 24.4 Å². The van der Waals surface area contributed by atoms with E-state index in [0.29, 0.717) is 25.8 Å². The maximum Gasteiger partial charge on any atom is 0.473 e. The van der Waals surface area contributed by atoms with Gasteiger partial charge in [0.05, 0.1) is 23.9 Å². The smallest absolute Gasteiger partial charge is 0.376 e. The Kier molecular flexibility index (Phi) is 20.0. The summed E-state index contributed by atoms with van der Waals surface area (Å²) in [6, 6.07) is 0. The third kappa shape index (κ3) is 20.3. The molecule has 9 nitrogen and oxygen atoms in total. The van der Waals surface area contributed by atoms with Crippen molar-refractivity contribution in [1.29, 1.82) is 0 Å². The molecule has 2 N–H and O–H groups in total. The summed E-state index contributed by atoms with van der Waals surface area (Å²) in [6.45, 7) is 13.8. The molecule has 1 aliphatic rings. The van der Waals surface area contributed by atoms with Crippen molar-refractivity contribution in [3.05, 3.63) is 0 Å². The van der Waals surface area contributed by atoms with Crippen LogP contribution in [0, 0.1) is 0 Å². The molecule has 0 aromatic heterocycles. The van der Waals surface area contributed by atoms with Crippen molar-refractivity contribution in [2.75, 3.05) is 20.3 Å².